The van der Waals surface area contributed by atoms with Gasteiger partial charge in [0.2, 0.25) is 5.91 Å². The largest absolute Gasteiger partial charge is 0.490 e. The summed E-state index contributed by atoms with van der Waals surface area (Å²) in [5.41, 5.74) is 1.21. The summed E-state index contributed by atoms with van der Waals surface area (Å²) in [7, 11) is 0. The van der Waals surface area contributed by atoms with Crippen molar-refractivity contribution in [1.29, 1.82) is 0 Å². The highest BCUT2D eigenvalue weighted by Crippen LogP contribution is 2.30. The molecule has 2 heterocycles. The van der Waals surface area contributed by atoms with Crippen molar-refractivity contribution in [3.8, 4) is 11.5 Å². The van der Waals surface area contributed by atoms with Crippen LogP contribution in [-0.4, -0.2) is 47.3 Å². The van der Waals surface area contributed by atoms with Crippen LogP contribution in [0.1, 0.15) is 66.8 Å². The van der Waals surface area contributed by atoms with Gasteiger partial charge in [-0.1, -0.05) is 12.5 Å². The minimum Gasteiger partial charge on any atom is -0.490 e. The van der Waals surface area contributed by atoms with Gasteiger partial charge in [-0.3, -0.25) is 14.2 Å². The van der Waals surface area contributed by atoms with Gasteiger partial charge in [-0.2, -0.15) is 0 Å². The summed E-state index contributed by atoms with van der Waals surface area (Å²) in [6.07, 6.45) is 6.94. The number of nitrogens with zero attached hydrogens (tertiary/aromatic N) is 2. The van der Waals surface area contributed by atoms with Crippen molar-refractivity contribution < 1.29 is 23.8 Å². The molecule has 204 valence electrons. The van der Waals surface area contributed by atoms with Gasteiger partial charge in [-0.25, -0.2) is 9.78 Å². The Balaban J connectivity index is 1.38. The molecule has 1 fully saturated rings. The van der Waals surface area contributed by atoms with Crippen molar-refractivity contribution in [2.45, 2.75) is 71.9 Å². The van der Waals surface area contributed by atoms with Gasteiger partial charge in [0.1, 0.15) is 22.4 Å². The van der Waals surface area contributed by atoms with Gasteiger partial charge in [0, 0.05) is 6.54 Å². The molecule has 38 heavy (non-hydrogen) atoms. The Bertz CT molecular complexity index is 1340. The first kappa shape index (κ1) is 27.6. The first-order valence-corrected chi connectivity index (χ1v) is 14.1. The van der Waals surface area contributed by atoms with Gasteiger partial charge in [0.15, 0.2) is 11.5 Å². The summed E-state index contributed by atoms with van der Waals surface area (Å²) in [6.45, 7) is 6.88. The Morgan fingerprint density at radius 2 is 1.84 bits per heavy atom. The summed E-state index contributed by atoms with van der Waals surface area (Å²) in [4.78, 5) is 43.8. The normalized spacial score (nSPS) is 13.9. The number of benzene rings is 1. The molecule has 1 saturated carbocycles. The number of amides is 1. The molecule has 0 saturated heterocycles. The summed E-state index contributed by atoms with van der Waals surface area (Å²) < 4.78 is 18.2. The lowest BCUT2D eigenvalue weighted by molar-refractivity contribution is -0.121. The molecule has 1 aliphatic rings. The average Bonchev–Trinajstić information content (AvgIpc) is 3.25. The second-order valence-electron chi connectivity index (χ2n) is 9.33. The monoisotopic (exact) mass is 541 g/mol. The number of carbonyl (C=O) groups is 2. The fourth-order valence-corrected chi connectivity index (χ4v) is 5.68. The molecule has 1 aromatic carbocycles. The third-order valence-electron chi connectivity index (χ3n) is 6.59. The van der Waals surface area contributed by atoms with Crippen molar-refractivity contribution in [1.82, 2.24) is 14.9 Å². The molecule has 1 aliphatic carbocycles. The fraction of sp³-hybridized carbons (Fsp3) is 0.500. The molecule has 10 heteroatoms. The van der Waals surface area contributed by atoms with Crippen LogP contribution in [0.25, 0.3) is 10.2 Å². The molecule has 9 nitrogen and oxygen atoms in total. The molecule has 0 bridgehead atoms. The van der Waals surface area contributed by atoms with Gasteiger partial charge in [-0.15, -0.1) is 11.3 Å². The van der Waals surface area contributed by atoms with E-state index in [4.69, 9.17) is 14.2 Å². The Morgan fingerprint density at radius 3 is 2.58 bits per heavy atom. The molecule has 0 aliphatic heterocycles. The first-order chi connectivity index (χ1) is 18.4. The molecule has 4 rings (SSSR count). The highest BCUT2D eigenvalue weighted by molar-refractivity contribution is 7.20. The number of hydrogen-bond donors (Lipinski definition) is 1. The van der Waals surface area contributed by atoms with E-state index >= 15 is 0 Å². The van der Waals surface area contributed by atoms with E-state index in [9.17, 15) is 14.4 Å². The summed E-state index contributed by atoms with van der Waals surface area (Å²) in [6, 6.07) is 5.73. The third kappa shape index (κ3) is 6.53. The van der Waals surface area contributed by atoms with Gasteiger partial charge in [0.05, 0.1) is 24.9 Å². The number of aryl methyl sites for hydroxylation is 1. The van der Waals surface area contributed by atoms with Crippen molar-refractivity contribution in [3.05, 3.63) is 50.9 Å². The Labute approximate surface area is 226 Å². The van der Waals surface area contributed by atoms with E-state index < -0.39 is 5.97 Å². The Kier molecular flexibility index (Phi) is 9.38. The van der Waals surface area contributed by atoms with E-state index in [2.05, 4.69) is 10.3 Å². The van der Waals surface area contributed by atoms with E-state index in [0.29, 0.717) is 58.3 Å². The van der Waals surface area contributed by atoms with Crippen molar-refractivity contribution in [2.75, 3.05) is 19.8 Å². The number of nitrogens with one attached hydrogen (secondary N) is 1. The van der Waals surface area contributed by atoms with Gasteiger partial charge >= 0.3 is 5.97 Å². The van der Waals surface area contributed by atoms with Gasteiger partial charge in [0.25, 0.3) is 5.56 Å². The van der Waals surface area contributed by atoms with E-state index in [1.165, 1.54) is 17.3 Å². The molecule has 0 unspecified atom stereocenters. The Morgan fingerprint density at radius 1 is 1.11 bits per heavy atom. The van der Waals surface area contributed by atoms with Gasteiger partial charge < -0.3 is 19.5 Å². The van der Waals surface area contributed by atoms with Crippen LogP contribution in [-0.2, 0) is 22.5 Å². The molecule has 2 aromatic heterocycles. The van der Waals surface area contributed by atoms with Crippen LogP contribution in [0.3, 0.4) is 0 Å². The SMILES string of the molecule is CCOc1ccc(CCNC(=O)Cn2cnc3sc(C(=O)OC4CCCCC4)c(C)c3c2=O)cc1OCC. The smallest absolute Gasteiger partial charge is 0.348 e. The molecule has 0 radical (unpaired) electrons. The van der Waals surface area contributed by atoms with E-state index in [0.717, 1.165) is 42.6 Å². The van der Waals surface area contributed by atoms with Crippen LogP contribution in [0.2, 0.25) is 0 Å². The molecule has 0 atom stereocenters. The lowest BCUT2D eigenvalue weighted by atomic mass is 9.98. The number of aromatic nitrogens is 2. The first-order valence-electron chi connectivity index (χ1n) is 13.3. The zero-order valence-electron chi connectivity index (χ0n) is 22.2. The summed E-state index contributed by atoms with van der Waals surface area (Å²) >= 11 is 1.16. The number of fused-ring (bicyclic) bond motifs is 1. The maximum atomic E-state index is 13.2. The molecule has 3 aromatic rings. The number of ether oxygens (including phenoxy) is 3. The zero-order valence-corrected chi connectivity index (χ0v) is 23.0. The van der Waals surface area contributed by atoms with Crippen LogP contribution >= 0.6 is 11.3 Å². The quantitative estimate of drug-likeness (QED) is 0.358. The van der Waals surface area contributed by atoms with Crippen LogP contribution in [0.5, 0.6) is 11.5 Å². The van der Waals surface area contributed by atoms with Crippen LogP contribution < -0.4 is 20.3 Å². The third-order valence-corrected chi connectivity index (χ3v) is 7.77. The number of hydrogen-bond acceptors (Lipinski definition) is 8. The number of thiophene rings is 1. The maximum Gasteiger partial charge on any atom is 0.348 e. The topological polar surface area (TPSA) is 109 Å². The molecule has 0 spiro atoms. The average molecular weight is 542 g/mol. The summed E-state index contributed by atoms with van der Waals surface area (Å²) in [5, 5.41) is 3.22. The molecule has 1 amide bonds. The standard InChI is InChI=1S/C28H35N3O6S/c1-4-35-21-12-11-19(15-22(21)36-5-2)13-14-29-23(32)16-31-17-30-26-24(27(31)33)18(3)25(38-26)28(34)37-20-9-7-6-8-10-20/h11-12,15,17,20H,4-10,13-14,16H2,1-3H3,(H,29,32). The maximum absolute atomic E-state index is 13.2. The molecule has 1 N–H and O–H groups in total. The van der Waals surface area contributed by atoms with Crippen LogP contribution in [0, 0.1) is 6.92 Å². The van der Waals surface area contributed by atoms with E-state index in [-0.39, 0.29) is 24.1 Å². The summed E-state index contributed by atoms with van der Waals surface area (Å²) in [5.74, 6) is 0.674. The predicted molar refractivity (Wildman–Crippen MR) is 146 cm³/mol. The minimum atomic E-state index is -0.400. The second kappa shape index (κ2) is 12.9. The zero-order chi connectivity index (χ0) is 27.1. The number of esters is 1. The highest BCUT2D eigenvalue weighted by Gasteiger charge is 2.24. The van der Waals surface area contributed by atoms with Gasteiger partial charge in [-0.05, 0) is 76.1 Å². The number of rotatable bonds is 11. The minimum absolute atomic E-state index is 0.0671. The number of carbonyl (C=O) groups excluding carboxylic acids is 2. The van der Waals surface area contributed by atoms with Crippen molar-refractivity contribution >= 4 is 33.4 Å². The fourth-order valence-electron chi connectivity index (χ4n) is 4.66. The van der Waals surface area contributed by atoms with Crippen LogP contribution in [0.15, 0.2) is 29.3 Å². The molecular formula is C28H35N3O6S. The lowest BCUT2D eigenvalue weighted by Crippen LogP contribution is -2.33. The van der Waals surface area contributed by atoms with Crippen molar-refractivity contribution in [3.63, 3.8) is 0 Å². The Hall–Kier alpha value is -3.40. The van der Waals surface area contributed by atoms with E-state index in [1.54, 1.807) is 6.92 Å². The van der Waals surface area contributed by atoms with Crippen molar-refractivity contribution in [2.24, 2.45) is 0 Å². The second-order valence-corrected chi connectivity index (χ2v) is 10.3. The lowest BCUT2D eigenvalue weighted by Gasteiger charge is -2.21. The molecular weight excluding hydrogens is 506 g/mol. The highest BCUT2D eigenvalue weighted by atomic mass is 32.1. The van der Waals surface area contributed by atoms with Crippen LogP contribution in [0.4, 0.5) is 0 Å². The van der Waals surface area contributed by atoms with E-state index in [1.807, 2.05) is 32.0 Å². The predicted octanol–water partition coefficient (Wildman–Crippen LogP) is 4.41.